The number of hydrogen-bond donors (Lipinski definition) is 0. The minimum absolute atomic E-state index is 0.390. The molecule has 1 unspecified atom stereocenters. The van der Waals surface area contributed by atoms with Crippen molar-refractivity contribution in [2.75, 3.05) is 13.2 Å². The fourth-order valence-electron chi connectivity index (χ4n) is 2.68. The Balaban J connectivity index is 1.80. The highest BCUT2D eigenvalue weighted by Crippen LogP contribution is 2.32. The normalized spacial score (nSPS) is 34.4. The van der Waals surface area contributed by atoms with Crippen LogP contribution < -0.4 is 0 Å². The van der Waals surface area contributed by atoms with Crippen molar-refractivity contribution in [1.82, 2.24) is 4.90 Å². The third kappa shape index (κ3) is 2.05. The lowest BCUT2D eigenvalue weighted by molar-refractivity contribution is 0.0365. The zero-order chi connectivity index (χ0) is 9.26. The van der Waals surface area contributed by atoms with Gasteiger partial charge in [0.1, 0.15) is 0 Å². The van der Waals surface area contributed by atoms with Crippen molar-refractivity contribution in [3.63, 3.8) is 0 Å². The Kier molecular flexibility index (Phi) is 2.89. The molecule has 2 heterocycles. The predicted molar refractivity (Wildman–Crippen MR) is 53.8 cm³/mol. The molecule has 2 aliphatic rings. The molecule has 2 fully saturated rings. The molecule has 76 valence electrons. The summed E-state index contributed by atoms with van der Waals surface area (Å²) in [5.41, 5.74) is 0. The molecule has 0 bridgehead atoms. The first-order chi connectivity index (χ1) is 6.27. The van der Waals surface area contributed by atoms with Gasteiger partial charge in [0.05, 0.1) is 12.7 Å². The molecule has 2 nitrogen and oxygen atoms in total. The van der Waals surface area contributed by atoms with Gasteiger partial charge in [-0.3, -0.25) is 4.90 Å². The number of fused-ring (bicyclic) bond motifs is 1. The van der Waals surface area contributed by atoms with E-state index in [1.54, 1.807) is 0 Å². The van der Waals surface area contributed by atoms with Crippen molar-refractivity contribution >= 4 is 0 Å². The van der Waals surface area contributed by atoms with Gasteiger partial charge < -0.3 is 4.74 Å². The average Bonchev–Trinajstić information content (AvgIpc) is 2.60. The van der Waals surface area contributed by atoms with Gasteiger partial charge in [0, 0.05) is 12.1 Å². The zero-order valence-corrected chi connectivity index (χ0v) is 8.83. The van der Waals surface area contributed by atoms with Crippen LogP contribution in [0.4, 0.5) is 0 Å². The first-order valence-corrected chi connectivity index (χ1v) is 5.64. The molecule has 13 heavy (non-hydrogen) atoms. The average molecular weight is 183 g/mol. The molecule has 2 heteroatoms. The summed E-state index contributed by atoms with van der Waals surface area (Å²) in [6.07, 6.45) is 5.99. The van der Waals surface area contributed by atoms with E-state index in [1.807, 2.05) is 0 Å². The van der Waals surface area contributed by atoms with E-state index >= 15 is 0 Å². The van der Waals surface area contributed by atoms with Crippen molar-refractivity contribution in [2.24, 2.45) is 0 Å². The number of hydrogen-bond acceptors (Lipinski definition) is 2. The zero-order valence-electron chi connectivity index (χ0n) is 8.83. The standard InChI is InChI=1S/C11H21NO/c1-9(2)13-8-11-6-5-10-4-3-7-12(10)11/h9-11H,3-8H2,1-2H3/t10-,11?/m1/s1. The molecule has 2 saturated heterocycles. The predicted octanol–water partition coefficient (Wildman–Crippen LogP) is 2.04. The summed E-state index contributed by atoms with van der Waals surface area (Å²) in [4.78, 5) is 2.67. The number of rotatable bonds is 3. The molecule has 0 aliphatic carbocycles. The van der Waals surface area contributed by atoms with E-state index in [0.717, 1.165) is 18.7 Å². The smallest absolute Gasteiger partial charge is 0.0625 e. The molecule has 0 aromatic carbocycles. The summed E-state index contributed by atoms with van der Waals surface area (Å²) in [7, 11) is 0. The van der Waals surface area contributed by atoms with Gasteiger partial charge in [-0.2, -0.15) is 0 Å². The van der Waals surface area contributed by atoms with Crippen LogP contribution >= 0.6 is 0 Å². The summed E-state index contributed by atoms with van der Waals surface area (Å²) in [6.45, 7) is 6.51. The maximum atomic E-state index is 5.69. The van der Waals surface area contributed by atoms with Crippen LogP contribution in [0.3, 0.4) is 0 Å². The molecule has 0 spiro atoms. The largest absolute Gasteiger partial charge is 0.377 e. The quantitative estimate of drug-likeness (QED) is 0.664. The summed E-state index contributed by atoms with van der Waals surface area (Å²) in [5, 5.41) is 0. The van der Waals surface area contributed by atoms with Crippen LogP contribution in [0.1, 0.15) is 39.5 Å². The first kappa shape index (κ1) is 9.47. The first-order valence-electron chi connectivity index (χ1n) is 5.64. The summed E-state index contributed by atoms with van der Waals surface area (Å²) in [6, 6.07) is 1.63. The minimum atomic E-state index is 0.390. The lowest BCUT2D eigenvalue weighted by atomic mass is 10.1. The third-order valence-corrected chi connectivity index (χ3v) is 3.35. The molecule has 0 saturated carbocycles. The van der Waals surface area contributed by atoms with Crippen LogP contribution in [0, 0.1) is 0 Å². The third-order valence-electron chi connectivity index (χ3n) is 3.35. The fourth-order valence-corrected chi connectivity index (χ4v) is 2.68. The molecule has 0 aromatic rings. The van der Waals surface area contributed by atoms with Crippen LogP contribution in [-0.4, -0.2) is 36.2 Å². The van der Waals surface area contributed by atoms with E-state index < -0.39 is 0 Å². The van der Waals surface area contributed by atoms with E-state index in [9.17, 15) is 0 Å². The Labute approximate surface area is 81.3 Å². The van der Waals surface area contributed by atoms with E-state index in [0.29, 0.717) is 6.10 Å². The highest BCUT2D eigenvalue weighted by atomic mass is 16.5. The van der Waals surface area contributed by atoms with Crippen molar-refractivity contribution in [3.8, 4) is 0 Å². The monoisotopic (exact) mass is 183 g/mol. The fraction of sp³-hybridized carbons (Fsp3) is 1.00. The van der Waals surface area contributed by atoms with E-state index in [4.69, 9.17) is 4.74 Å². The molecular formula is C11H21NO. The molecule has 0 aromatic heterocycles. The van der Waals surface area contributed by atoms with Gasteiger partial charge >= 0.3 is 0 Å². The molecule has 0 N–H and O–H groups in total. The van der Waals surface area contributed by atoms with Crippen molar-refractivity contribution in [3.05, 3.63) is 0 Å². The summed E-state index contributed by atoms with van der Waals surface area (Å²) in [5.74, 6) is 0. The minimum Gasteiger partial charge on any atom is -0.377 e. The SMILES string of the molecule is CC(C)OCC1CC[C@H]2CCCN12. The van der Waals surface area contributed by atoms with Gasteiger partial charge in [0.2, 0.25) is 0 Å². The highest BCUT2D eigenvalue weighted by Gasteiger charge is 2.36. The lowest BCUT2D eigenvalue weighted by Crippen LogP contribution is -2.35. The Bertz CT molecular complexity index is 169. The van der Waals surface area contributed by atoms with Crippen LogP contribution in [-0.2, 0) is 4.74 Å². The van der Waals surface area contributed by atoms with Crippen LogP contribution in [0.15, 0.2) is 0 Å². The second-order valence-electron chi connectivity index (χ2n) is 4.65. The molecule has 0 amide bonds. The Morgan fingerprint density at radius 2 is 2.15 bits per heavy atom. The number of nitrogens with zero attached hydrogens (tertiary/aromatic N) is 1. The maximum absolute atomic E-state index is 5.69. The van der Waals surface area contributed by atoms with Gasteiger partial charge in [-0.1, -0.05) is 0 Å². The number of ether oxygens (including phenoxy) is 1. The van der Waals surface area contributed by atoms with Crippen molar-refractivity contribution < 1.29 is 4.74 Å². The van der Waals surface area contributed by atoms with E-state index in [1.165, 1.54) is 32.2 Å². The second-order valence-corrected chi connectivity index (χ2v) is 4.65. The van der Waals surface area contributed by atoms with Gasteiger partial charge in [-0.05, 0) is 46.1 Å². The second kappa shape index (κ2) is 3.97. The van der Waals surface area contributed by atoms with Gasteiger partial charge in [0.15, 0.2) is 0 Å². The molecule has 2 rings (SSSR count). The molecule has 2 aliphatic heterocycles. The van der Waals surface area contributed by atoms with Crippen LogP contribution in [0.25, 0.3) is 0 Å². The van der Waals surface area contributed by atoms with E-state index in [-0.39, 0.29) is 0 Å². The van der Waals surface area contributed by atoms with Crippen molar-refractivity contribution in [2.45, 2.75) is 57.7 Å². The molecular weight excluding hydrogens is 162 g/mol. The lowest BCUT2D eigenvalue weighted by Gasteiger charge is -2.24. The molecule has 0 radical (unpaired) electrons. The van der Waals surface area contributed by atoms with Crippen LogP contribution in [0.5, 0.6) is 0 Å². The summed E-state index contributed by atoms with van der Waals surface area (Å²) < 4.78 is 5.69. The topological polar surface area (TPSA) is 12.5 Å². The van der Waals surface area contributed by atoms with Gasteiger partial charge in [0.25, 0.3) is 0 Å². The van der Waals surface area contributed by atoms with Crippen LogP contribution in [0.2, 0.25) is 0 Å². The van der Waals surface area contributed by atoms with Gasteiger partial charge in [-0.25, -0.2) is 0 Å². The Hall–Kier alpha value is -0.0800. The highest BCUT2D eigenvalue weighted by molar-refractivity contribution is 4.91. The maximum Gasteiger partial charge on any atom is 0.0625 e. The Morgan fingerprint density at radius 1 is 1.31 bits per heavy atom. The molecule has 2 atom stereocenters. The van der Waals surface area contributed by atoms with Crippen molar-refractivity contribution in [1.29, 1.82) is 0 Å². The summed E-state index contributed by atoms with van der Waals surface area (Å²) >= 11 is 0. The van der Waals surface area contributed by atoms with Gasteiger partial charge in [-0.15, -0.1) is 0 Å². The Morgan fingerprint density at radius 3 is 2.92 bits per heavy atom. The van der Waals surface area contributed by atoms with E-state index in [2.05, 4.69) is 18.7 Å².